The van der Waals surface area contributed by atoms with Crippen LogP contribution in [-0.4, -0.2) is 56.9 Å². The minimum atomic E-state index is -3.69. The van der Waals surface area contributed by atoms with E-state index >= 15 is 0 Å². The van der Waals surface area contributed by atoms with Crippen LogP contribution in [0.5, 0.6) is 5.75 Å². The van der Waals surface area contributed by atoms with Crippen LogP contribution in [0.25, 0.3) is 0 Å². The van der Waals surface area contributed by atoms with Crippen LogP contribution in [0.3, 0.4) is 0 Å². The minimum Gasteiger partial charge on any atom is -0.494 e. The molecular weight excluding hydrogens is 440 g/mol. The molecule has 1 N–H and O–H groups in total. The summed E-state index contributed by atoms with van der Waals surface area (Å²) in [6, 6.07) is 16.0. The summed E-state index contributed by atoms with van der Waals surface area (Å²) >= 11 is 0. The summed E-state index contributed by atoms with van der Waals surface area (Å²) in [6.45, 7) is 6.55. The Hall–Kier alpha value is -2.91. The maximum atomic E-state index is 12.8. The summed E-state index contributed by atoms with van der Waals surface area (Å²) in [5, 5.41) is 4.29. The molecule has 1 atom stereocenters. The molecule has 178 valence electrons. The van der Waals surface area contributed by atoms with Crippen LogP contribution in [0.1, 0.15) is 32.3 Å². The summed E-state index contributed by atoms with van der Waals surface area (Å²) in [5.41, 5.74) is 5.15. The maximum absolute atomic E-state index is 12.8. The number of carbonyl (C=O) groups is 1. The average molecular weight is 473 g/mol. The monoisotopic (exact) mass is 472 g/mol. The van der Waals surface area contributed by atoms with Gasteiger partial charge in [0, 0.05) is 38.2 Å². The van der Waals surface area contributed by atoms with Crippen molar-refractivity contribution in [1.29, 1.82) is 0 Å². The number of amides is 1. The second-order valence-corrected chi connectivity index (χ2v) is 9.94. The van der Waals surface area contributed by atoms with E-state index in [-0.39, 0.29) is 0 Å². The first-order valence-electron chi connectivity index (χ1n) is 11.1. The van der Waals surface area contributed by atoms with Crippen LogP contribution in [0.15, 0.2) is 59.7 Å². The van der Waals surface area contributed by atoms with Crippen LogP contribution < -0.4 is 14.5 Å². The Labute approximate surface area is 196 Å². The van der Waals surface area contributed by atoms with Crippen molar-refractivity contribution in [1.82, 2.24) is 10.3 Å². The molecule has 0 aromatic heterocycles. The zero-order chi connectivity index (χ0) is 23.8. The number of benzene rings is 2. The highest BCUT2D eigenvalue weighted by Crippen LogP contribution is 2.24. The highest BCUT2D eigenvalue weighted by Gasteiger charge is 2.29. The Morgan fingerprint density at radius 3 is 2.33 bits per heavy atom. The van der Waals surface area contributed by atoms with E-state index in [2.05, 4.69) is 27.6 Å². The Bertz CT molecular complexity index is 1050. The van der Waals surface area contributed by atoms with Gasteiger partial charge in [-0.05, 0) is 43.7 Å². The fourth-order valence-electron chi connectivity index (χ4n) is 3.81. The van der Waals surface area contributed by atoms with E-state index in [0.717, 1.165) is 48.7 Å². The molecule has 2 aromatic carbocycles. The number of nitrogens with zero attached hydrogens (tertiary/aromatic N) is 3. The smallest absolute Gasteiger partial charge is 0.263 e. The third kappa shape index (κ3) is 7.03. The lowest BCUT2D eigenvalue weighted by molar-refractivity contribution is -0.121. The van der Waals surface area contributed by atoms with Crippen molar-refractivity contribution >= 4 is 27.3 Å². The molecule has 9 heteroatoms. The lowest BCUT2D eigenvalue weighted by atomic mass is 10.1. The summed E-state index contributed by atoms with van der Waals surface area (Å²) in [6.07, 6.45) is 2.61. The predicted molar refractivity (Wildman–Crippen MR) is 131 cm³/mol. The molecule has 33 heavy (non-hydrogen) atoms. The van der Waals surface area contributed by atoms with Gasteiger partial charge in [-0.15, -0.1) is 0 Å². The Morgan fingerprint density at radius 1 is 1.12 bits per heavy atom. The highest BCUT2D eigenvalue weighted by molar-refractivity contribution is 7.92. The molecule has 0 saturated carbocycles. The molecule has 0 radical (unpaired) electrons. The lowest BCUT2D eigenvalue weighted by Gasteiger charge is -2.29. The third-order valence-corrected chi connectivity index (χ3v) is 6.74. The fraction of sp³-hybridized carbons (Fsp3) is 0.417. The number of likely N-dealkylation sites (tertiary alicyclic amines) is 1. The van der Waals surface area contributed by atoms with Gasteiger partial charge in [0.2, 0.25) is 10.0 Å². The SMILES string of the molecule is CCOc1ccc(N([C@@H](C)C(=O)NN=C2CCN(Cc3ccccc3)CC2)S(C)(=O)=O)cc1. The van der Waals surface area contributed by atoms with Crippen LogP contribution in [0.2, 0.25) is 0 Å². The summed E-state index contributed by atoms with van der Waals surface area (Å²) in [7, 11) is -3.69. The van der Waals surface area contributed by atoms with Gasteiger partial charge in [0.05, 0.1) is 18.6 Å². The molecule has 1 saturated heterocycles. The van der Waals surface area contributed by atoms with Crippen LogP contribution >= 0.6 is 0 Å². The highest BCUT2D eigenvalue weighted by atomic mass is 32.2. The maximum Gasteiger partial charge on any atom is 0.263 e. The molecule has 1 heterocycles. The van der Waals surface area contributed by atoms with E-state index in [9.17, 15) is 13.2 Å². The number of hydrazone groups is 1. The topological polar surface area (TPSA) is 91.3 Å². The van der Waals surface area contributed by atoms with Gasteiger partial charge >= 0.3 is 0 Å². The normalized spacial score (nSPS) is 15.5. The second-order valence-electron chi connectivity index (χ2n) is 8.08. The van der Waals surface area contributed by atoms with E-state index in [1.54, 1.807) is 31.2 Å². The largest absolute Gasteiger partial charge is 0.494 e. The number of piperidine rings is 1. The lowest BCUT2D eigenvalue weighted by Crippen LogP contribution is -2.47. The Kier molecular flexibility index (Phi) is 8.46. The number of carbonyl (C=O) groups excluding carboxylic acids is 1. The number of hydrogen-bond acceptors (Lipinski definition) is 6. The van der Waals surface area contributed by atoms with Gasteiger partial charge in [-0.1, -0.05) is 30.3 Å². The van der Waals surface area contributed by atoms with Gasteiger partial charge in [-0.25, -0.2) is 13.8 Å². The number of ether oxygens (including phenoxy) is 1. The van der Waals surface area contributed by atoms with E-state index in [4.69, 9.17) is 4.74 Å². The first kappa shape index (κ1) is 24.7. The summed E-state index contributed by atoms with van der Waals surface area (Å²) < 4.78 is 31.4. The number of nitrogens with one attached hydrogen (secondary N) is 1. The van der Waals surface area contributed by atoms with Crippen molar-refractivity contribution in [3.05, 3.63) is 60.2 Å². The van der Waals surface area contributed by atoms with E-state index in [0.29, 0.717) is 18.0 Å². The zero-order valence-corrected chi connectivity index (χ0v) is 20.2. The van der Waals surface area contributed by atoms with Crippen LogP contribution in [-0.2, 0) is 21.4 Å². The van der Waals surface area contributed by atoms with Gasteiger partial charge < -0.3 is 4.74 Å². The summed E-state index contributed by atoms with van der Waals surface area (Å²) in [5.74, 6) is 0.158. The molecule has 0 unspecified atom stereocenters. The standard InChI is InChI=1S/C24H32N4O4S/c1-4-32-23-12-10-22(11-13-23)28(33(3,30)31)19(2)24(29)26-25-21-14-16-27(17-15-21)18-20-8-6-5-7-9-20/h5-13,19H,4,14-18H2,1-3H3,(H,26,29)/t19-/m0/s1. The number of anilines is 1. The molecule has 0 bridgehead atoms. The van der Waals surface area contributed by atoms with Crippen molar-refractivity contribution < 1.29 is 17.9 Å². The summed E-state index contributed by atoms with van der Waals surface area (Å²) in [4.78, 5) is 15.1. The van der Waals surface area contributed by atoms with Crippen molar-refractivity contribution in [2.24, 2.45) is 5.10 Å². The van der Waals surface area contributed by atoms with Crippen molar-refractivity contribution in [3.8, 4) is 5.75 Å². The average Bonchev–Trinajstić information content (AvgIpc) is 2.79. The van der Waals surface area contributed by atoms with E-state index in [1.165, 1.54) is 5.56 Å². The second kappa shape index (κ2) is 11.3. The van der Waals surface area contributed by atoms with E-state index < -0.39 is 22.0 Å². The number of rotatable bonds is 9. The molecule has 0 spiro atoms. The fourth-order valence-corrected chi connectivity index (χ4v) is 4.99. The predicted octanol–water partition coefficient (Wildman–Crippen LogP) is 3.01. The first-order valence-corrected chi connectivity index (χ1v) is 13.0. The molecule has 8 nitrogen and oxygen atoms in total. The van der Waals surface area contributed by atoms with Crippen molar-refractivity contribution in [2.45, 2.75) is 39.3 Å². The molecule has 1 aliphatic heterocycles. The van der Waals surface area contributed by atoms with E-state index in [1.807, 2.05) is 25.1 Å². The van der Waals surface area contributed by atoms with Crippen LogP contribution in [0.4, 0.5) is 5.69 Å². The third-order valence-electron chi connectivity index (χ3n) is 5.50. The molecule has 1 aliphatic rings. The molecule has 3 rings (SSSR count). The van der Waals surface area contributed by atoms with Crippen molar-refractivity contribution in [2.75, 3.05) is 30.3 Å². The van der Waals surface area contributed by atoms with Gasteiger partial charge in [-0.3, -0.25) is 14.0 Å². The zero-order valence-electron chi connectivity index (χ0n) is 19.4. The first-order chi connectivity index (χ1) is 15.8. The molecule has 0 aliphatic carbocycles. The number of hydrogen-bond donors (Lipinski definition) is 1. The number of sulfonamides is 1. The quantitative estimate of drug-likeness (QED) is 0.567. The van der Waals surface area contributed by atoms with Gasteiger partial charge in [0.1, 0.15) is 11.8 Å². The van der Waals surface area contributed by atoms with Gasteiger partial charge in [-0.2, -0.15) is 5.10 Å². The Balaban J connectivity index is 1.59. The molecule has 1 amide bonds. The van der Waals surface area contributed by atoms with Crippen molar-refractivity contribution in [3.63, 3.8) is 0 Å². The van der Waals surface area contributed by atoms with Crippen LogP contribution in [0, 0.1) is 0 Å². The van der Waals surface area contributed by atoms with Gasteiger partial charge in [0.25, 0.3) is 5.91 Å². The molecule has 2 aromatic rings. The van der Waals surface area contributed by atoms with Gasteiger partial charge in [0.15, 0.2) is 0 Å². The molecule has 1 fully saturated rings. The minimum absolute atomic E-state index is 0.394. The Morgan fingerprint density at radius 2 is 1.76 bits per heavy atom. The molecular formula is C24H32N4O4S.